The molecule has 128 valence electrons. The van der Waals surface area contributed by atoms with E-state index in [1.54, 1.807) is 19.3 Å². The van der Waals surface area contributed by atoms with Gasteiger partial charge in [-0.3, -0.25) is 4.79 Å². The quantitative estimate of drug-likeness (QED) is 0.751. The lowest BCUT2D eigenvalue weighted by Gasteiger charge is -2.38. The summed E-state index contributed by atoms with van der Waals surface area (Å²) in [7, 11) is 1.60. The molecule has 2 heterocycles. The fraction of sp³-hybridized carbons (Fsp3) is 0.474. The Balaban J connectivity index is 1.82. The van der Waals surface area contributed by atoms with Gasteiger partial charge in [-0.1, -0.05) is 19.1 Å². The summed E-state index contributed by atoms with van der Waals surface area (Å²) in [6.45, 7) is 6.09. The molecule has 0 N–H and O–H groups in total. The summed E-state index contributed by atoms with van der Waals surface area (Å²) >= 11 is 0. The van der Waals surface area contributed by atoms with Crippen molar-refractivity contribution in [1.29, 1.82) is 0 Å². The number of nitrogens with zero attached hydrogens (tertiary/aromatic N) is 1. The molecular formula is C19H23NO4. The van der Waals surface area contributed by atoms with Crippen molar-refractivity contribution in [3.8, 4) is 5.88 Å². The van der Waals surface area contributed by atoms with Crippen molar-refractivity contribution >= 4 is 5.78 Å². The van der Waals surface area contributed by atoms with Gasteiger partial charge in [-0.05, 0) is 30.7 Å². The van der Waals surface area contributed by atoms with Crippen LogP contribution in [0.1, 0.15) is 25.3 Å². The summed E-state index contributed by atoms with van der Waals surface area (Å²) in [5.41, 5.74) is 0.561. The zero-order valence-corrected chi connectivity index (χ0v) is 14.2. The fourth-order valence-corrected chi connectivity index (χ4v) is 3.59. The summed E-state index contributed by atoms with van der Waals surface area (Å²) in [5.74, 6) is 1.43. The first-order valence-corrected chi connectivity index (χ1v) is 8.21. The number of aromatic nitrogens is 1. The van der Waals surface area contributed by atoms with Gasteiger partial charge in [0.1, 0.15) is 11.4 Å². The van der Waals surface area contributed by atoms with Crippen molar-refractivity contribution in [2.45, 2.75) is 31.8 Å². The van der Waals surface area contributed by atoms with Gasteiger partial charge in [-0.2, -0.15) is 0 Å². The largest absolute Gasteiger partial charge is 0.481 e. The second-order valence-corrected chi connectivity index (χ2v) is 6.45. The van der Waals surface area contributed by atoms with Crippen molar-refractivity contribution in [3.63, 3.8) is 0 Å². The molecule has 1 saturated heterocycles. The lowest BCUT2D eigenvalue weighted by Crippen LogP contribution is -2.44. The molecule has 3 atom stereocenters. The number of ketones is 1. The van der Waals surface area contributed by atoms with Crippen LogP contribution in [0.3, 0.4) is 0 Å². The van der Waals surface area contributed by atoms with Crippen LogP contribution in [0.15, 0.2) is 42.8 Å². The number of ether oxygens (including phenoxy) is 3. The standard InChI is InChI=1S/C19H23NO4/c1-4-5-15-10-19(17(9-16(15)21)23-12-24-19)13(2)8-14-6-7-18(22-3)20-11-14/h4,6-7,9,11,13,15H,1,5,8,10,12H2,2-3H3/t13-,15-,19+/m0/s1. The number of methoxy groups -OCH3 is 1. The van der Waals surface area contributed by atoms with Crippen LogP contribution in [0, 0.1) is 11.8 Å². The molecule has 2 aliphatic rings. The van der Waals surface area contributed by atoms with Crippen LogP contribution in [0.25, 0.3) is 0 Å². The first-order valence-electron chi connectivity index (χ1n) is 8.21. The molecule has 0 amide bonds. The summed E-state index contributed by atoms with van der Waals surface area (Å²) in [6, 6.07) is 3.86. The Labute approximate surface area is 142 Å². The molecule has 0 saturated carbocycles. The van der Waals surface area contributed by atoms with E-state index in [2.05, 4.69) is 18.5 Å². The molecule has 5 nitrogen and oxygen atoms in total. The van der Waals surface area contributed by atoms with E-state index in [9.17, 15) is 4.79 Å². The Morgan fingerprint density at radius 3 is 3.04 bits per heavy atom. The highest BCUT2D eigenvalue weighted by Gasteiger charge is 2.51. The lowest BCUT2D eigenvalue weighted by atomic mass is 9.71. The number of fused-ring (bicyclic) bond motifs is 1. The molecule has 0 aromatic carbocycles. The molecule has 0 unspecified atom stereocenters. The summed E-state index contributed by atoms with van der Waals surface area (Å²) in [6.07, 6.45) is 7.31. The van der Waals surface area contributed by atoms with Crippen LogP contribution in [0.5, 0.6) is 5.88 Å². The number of rotatable bonds is 6. The molecular weight excluding hydrogens is 306 g/mol. The van der Waals surface area contributed by atoms with Crippen molar-refractivity contribution < 1.29 is 19.0 Å². The van der Waals surface area contributed by atoms with Gasteiger partial charge in [0, 0.05) is 24.3 Å². The van der Waals surface area contributed by atoms with Crippen molar-refractivity contribution in [2.24, 2.45) is 11.8 Å². The highest BCUT2D eigenvalue weighted by molar-refractivity contribution is 5.93. The summed E-state index contributed by atoms with van der Waals surface area (Å²) in [4.78, 5) is 16.5. The molecule has 3 rings (SSSR count). The zero-order valence-electron chi connectivity index (χ0n) is 14.2. The maximum Gasteiger partial charge on any atom is 0.212 e. The average molecular weight is 329 g/mol. The minimum atomic E-state index is -0.540. The number of carbonyl (C=O) groups excluding carboxylic acids is 1. The normalized spacial score (nSPS) is 27.0. The predicted molar refractivity (Wildman–Crippen MR) is 89.4 cm³/mol. The second kappa shape index (κ2) is 6.77. The summed E-state index contributed by atoms with van der Waals surface area (Å²) in [5, 5.41) is 0. The Morgan fingerprint density at radius 2 is 2.38 bits per heavy atom. The fourth-order valence-electron chi connectivity index (χ4n) is 3.59. The first kappa shape index (κ1) is 16.7. The number of pyridine rings is 1. The molecule has 24 heavy (non-hydrogen) atoms. The zero-order chi connectivity index (χ0) is 17.2. The average Bonchev–Trinajstić information content (AvgIpc) is 3.00. The molecule has 1 aliphatic carbocycles. The van der Waals surface area contributed by atoms with Crippen LogP contribution in [0.2, 0.25) is 0 Å². The third kappa shape index (κ3) is 2.96. The highest BCUT2D eigenvalue weighted by Crippen LogP contribution is 2.46. The monoisotopic (exact) mass is 329 g/mol. The van der Waals surface area contributed by atoms with Crippen molar-refractivity contribution in [1.82, 2.24) is 4.98 Å². The molecule has 1 fully saturated rings. The maximum atomic E-state index is 12.2. The summed E-state index contributed by atoms with van der Waals surface area (Å²) < 4.78 is 16.7. The molecule has 1 aromatic heterocycles. The number of carbonyl (C=O) groups is 1. The van der Waals surface area contributed by atoms with Crippen LogP contribution in [0.4, 0.5) is 0 Å². The van der Waals surface area contributed by atoms with Gasteiger partial charge in [0.15, 0.2) is 12.6 Å². The van der Waals surface area contributed by atoms with E-state index in [0.717, 1.165) is 12.0 Å². The Hall–Kier alpha value is -2.14. The van der Waals surface area contributed by atoms with E-state index in [1.807, 2.05) is 18.3 Å². The van der Waals surface area contributed by atoms with E-state index in [1.165, 1.54) is 0 Å². The second-order valence-electron chi connectivity index (χ2n) is 6.45. The van der Waals surface area contributed by atoms with E-state index in [-0.39, 0.29) is 24.4 Å². The third-order valence-electron chi connectivity index (χ3n) is 4.97. The van der Waals surface area contributed by atoms with Gasteiger partial charge in [0.05, 0.1) is 7.11 Å². The van der Waals surface area contributed by atoms with Gasteiger partial charge in [0.25, 0.3) is 0 Å². The van der Waals surface area contributed by atoms with Crippen LogP contribution in [-0.4, -0.2) is 30.3 Å². The van der Waals surface area contributed by atoms with E-state index in [0.29, 0.717) is 24.5 Å². The minimum absolute atomic E-state index is 0.0932. The van der Waals surface area contributed by atoms with Gasteiger partial charge in [-0.25, -0.2) is 4.98 Å². The van der Waals surface area contributed by atoms with E-state index < -0.39 is 5.60 Å². The maximum absolute atomic E-state index is 12.2. The molecule has 1 aromatic rings. The first-order chi connectivity index (χ1) is 11.6. The smallest absolute Gasteiger partial charge is 0.212 e. The Morgan fingerprint density at radius 1 is 1.54 bits per heavy atom. The predicted octanol–water partition coefficient (Wildman–Crippen LogP) is 3.06. The van der Waals surface area contributed by atoms with Gasteiger partial charge in [0.2, 0.25) is 5.88 Å². The highest BCUT2D eigenvalue weighted by atomic mass is 16.7. The van der Waals surface area contributed by atoms with Crippen molar-refractivity contribution in [2.75, 3.05) is 13.9 Å². The third-order valence-corrected chi connectivity index (χ3v) is 4.97. The number of allylic oxidation sites excluding steroid dienone is 2. The topological polar surface area (TPSA) is 57.6 Å². The van der Waals surface area contributed by atoms with Gasteiger partial charge >= 0.3 is 0 Å². The number of hydrogen-bond acceptors (Lipinski definition) is 5. The van der Waals surface area contributed by atoms with Crippen LogP contribution >= 0.6 is 0 Å². The molecule has 0 radical (unpaired) electrons. The van der Waals surface area contributed by atoms with Gasteiger partial charge in [-0.15, -0.1) is 6.58 Å². The van der Waals surface area contributed by atoms with Crippen LogP contribution in [-0.2, 0) is 20.7 Å². The molecule has 5 heteroatoms. The Kier molecular flexibility index (Phi) is 4.71. The van der Waals surface area contributed by atoms with Crippen molar-refractivity contribution in [3.05, 3.63) is 48.4 Å². The molecule has 0 spiro atoms. The van der Waals surface area contributed by atoms with Gasteiger partial charge < -0.3 is 14.2 Å². The van der Waals surface area contributed by atoms with E-state index in [4.69, 9.17) is 14.2 Å². The Bertz CT molecular complexity index is 652. The van der Waals surface area contributed by atoms with E-state index >= 15 is 0 Å². The van der Waals surface area contributed by atoms with Crippen LogP contribution < -0.4 is 4.74 Å². The SMILES string of the molecule is C=CC[C@H]1C[C@]2([C@@H](C)Cc3ccc(OC)nc3)OCOC2=CC1=O. The molecule has 0 bridgehead atoms. The number of hydrogen-bond donors (Lipinski definition) is 0. The molecule has 1 aliphatic heterocycles. The lowest BCUT2D eigenvalue weighted by molar-refractivity contribution is -0.123. The minimum Gasteiger partial charge on any atom is -0.481 e.